The summed E-state index contributed by atoms with van der Waals surface area (Å²) in [6.45, 7) is 2.00. The van der Waals surface area contributed by atoms with Crippen molar-refractivity contribution in [3.8, 4) is 11.5 Å². The Morgan fingerprint density at radius 3 is 2.78 bits per heavy atom. The summed E-state index contributed by atoms with van der Waals surface area (Å²) in [6.07, 6.45) is 1.81. The van der Waals surface area contributed by atoms with Crippen LogP contribution in [0.1, 0.15) is 26.4 Å². The number of hydrogen-bond donors (Lipinski definition) is 0. The van der Waals surface area contributed by atoms with Crippen LogP contribution in [0.2, 0.25) is 0 Å². The minimum absolute atomic E-state index is 0.0682. The number of thiophene rings is 1. The number of allylic oxidation sites excluding steroid dienone is 1. The Balaban J connectivity index is 1.44. The van der Waals surface area contributed by atoms with Gasteiger partial charge < -0.3 is 9.47 Å². The maximum Gasteiger partial charge on any atom is 0.232 e. The normalized spacial score (nSPS) is 17.3. The van der Waals surface area contributed by atoms with Crippen LogP contribution in [0.4, 0.5) is 0 Å². The first-order chi connectivity index (χ1) is 13.3. The van der Waals surface area contributed by atoms with Gasteiger partial charge in [-0.25, -0.2) is 0 Å². The molecule has 0 radical (unpaired) electrons. The number of carbonyl (C=O) groups excluding carboxylic acids is 1. The molecule has 0 atom stereocenters. The number of rotatable bonds is 3. The Kier molecular flexibility index (Phi) is 4.03. The predicted molar refractivity (Wildman–Crippen MR) is 105 cm³/mol. The van der Waals surface area contributed by atoms with Crippen molar-refractivity contribution in [1.29, 1.82) is 0 Å². The van der Waals surface area contributed by atoms with E-state index in [1.165, 1.54) is 5.56 Å². The Hall–Kier alpha value is -2.89. The minimum Gasteiger partial charge on any atom is -0.478 e. The molecule has 0 N–H and O–H groups in total. The van der Waals surface area contributed by atoms with E-state index in [0.717, 1.165) is 22.7 Å². The van der Waals surface area contributed by atoms with Crippen LogP contribution >= 0.6 is 11.3 Å². The van der Waals surface area contributed by atoms with E-state index in [2.05, 4.69) is 17.0 Å². The highest BCUT2D eigenvalue weighted by atomic mass is 32.1. The van der Waals surface area contributed by atoms with Crippen LogP contribution < -0.4 is 9.47 Å². The molecule has 0 unspecified atom stereocenters. The largest absolute Gasteiger partial charge is 0.478 e. The molecule has 0 aliphatic carbocycles. The van der Waals surface area contributed by atoms with Crippen LogP contribution in [0, 0.1) is 0 Å². The molecule has 3 aromatic rings. The number of nitrogens with zero attached hydrogens (tertiary/aromatic N) is 1. The van der Waals surface area contributed by atoms with Gasteiger partial charge in [-0.3, -0.25) is 9.69 Å². The smallest absolute Gasteiger partial charge is 0.232 e. The fourth-order valence-corrected chi connectivity index (χ4v) is 4.10. The molecule has 5 rings (SSSR count). The second-order valence-corrected chi connectivity index (χ2v) is 7.60. The summed E-state index contributed by atoms with van der Waals surface area (Å²) in [5.41, 5.74) is 2.78. The quantitative estimate of drug-likeness (QED) is 0.621. The summed E-state index contributed by atoms with van der Waals surface area (Å²) < 4.78 is 11.9. The summed E-state index contributed by atoms with van der Waals surface area (Å²) in [7, 11) is 0. The Morgan fingerprint density at radius 1 is 1.07 bits per heavy atom. The number of hydrogen-bond acceptors (Lipinski definition) is 5. The average molecular weight is 375 g/mol. The van der Waals surface area contributed by atoms with Crippen LogP contribution in [0.15, 0.2) is 65.7 Å². The van der Waals surface area contributed by atoms with Gasteiger partial charge in [-0.2, -0.15) is 0 Å². The average Bonchev–Trinajstić information content (AvgIpc) is 3.32. The Morgan fingerprint density at radius 2 is 1.96 bits per heavy atom. The summed E-state index contributed by atoms with van der Waals surface area (Å²) in [5.74, 6) is 1.74. The number of carbonyl (C=O) groups is 1. The first kappa shape index (κ1) is 16.3. The van der Waals surface area contributed by atoms with E-state index in [1.807, 2.05) is 47.9 Å². The van der Waals surface area contributed by atoms with Crippen LogP contribution in [0.25, 0.3) is 6.08 Å². The molecule has 2 aromatic carbocycles. The summed E-state index contributed by atoms with van der Waals surface area (Å²) in [6, 6.07) is 17.9. The highest BCUT2D eigenvalue weighted by Gasteiger charge is 2.33. The fraction of sp³-hybridized carbons (Fsp3) is 0.136. The third kappa shape index (κ3) is 3.05. The van der Waals surface area contributed by atoms with Crippen molar-refractivity contribution < 1.29 is 14.3 Å². The zero-order valence-corrected chi connectivity index (χ0v) is 15.4. The lowest BCUT2D eigenvalue weighted by molar-refractivity contribution is 0.0873. The third-order valence-corrected chi connectivity index (χ3v) is 5.57. The number of Topliss-reactive ketones (excluding diaryl/α,β-unsaturated/α-hetero) is 1. The molecule has 1 aromatic heterocycles. The first-order valence-electron chi connectivity index (χ1n) is 8.80. The van der Waals surface area contributed by atoms with E-state index >= 15 is 0 Å². The van der Waals surface area contributed by atoms with Crippen molar-refractivity contribution >= 4 is 23.2 Å². The first-order valence-corrected chi connectivity index (χ1v) is 9.68. The van der Waals surface area contributed by atoms with Crippen molar-refractivity contribution in [2.75, 3.05) is 6.73 Å². The van der Waals surface area contributed by atoms with Gasteiger partial charge in [0.15, 0.2) is 5.76 Å². The SMILES string of the molecule is O=C1/C(=C/c2cccs2)Oc2c1ccc1c2CN(Cc2ccccc2)CO1. The van der Waals surface area contributed by atoms with Gasteiger partial charge in [-0.1, -0.05) is 36.4 Å². The number of fused-ring (bicyclic) bond motifs is 3. The monoisotopic (exact) mass is 375 g/mol. The molecule has 0 spiro atoms. The molecule has 0 saturated heterocycles. The fourth-order valence-electron chi connectivity index (χ4n) is 3.45. The lowest BCUT2D eigenvalue weighted by Crippen LogP contribution is -2.31. The van der Waals surface area contributed by atoms with E-state index < -0.39 is 0 Å². The zero-order chi connectivity index (χ0) is 18.2. The Labute approximate surface area is 161 Å². The highest BCUT2D eigenvalue weighted by molar-refractivity contribution is 7.10. The van der Waals surface area contributed by atoms with Crippen molar-refractivity contribution in [1.82, 2.24) is 4.90 Å². The number of benzene rings is 2. The second kappa shape index (κ2) is 6.68. The van der Waals surface area contributed by atoms with Crippen LogP contribution in [0.3, 0.4) is 0 Å². The van der Waals surface area contributed by atoms with Crippen molar-refractivity contribution in [3.05, 3.63) is 87.3 Å². The molecule has 4 nitrogen and oxygen atoms in total. The predicted octanol–water partition coefficient (Wildman–Crippen LogP) is 4.72. The van der Waals surface area contributed by atoms with Gasteiger partial charge in [0.25, 0.3) is 0 Å². The molecule has 0 bridgehead atoms. The van der Waals surface area contributed by atoms with Gasteiger partial charge in [-0.05, 0) is 29.1 Å². The van der Waals surface area contributed by atoms with Gasteiger partial charge in [0.05, 0.1) is 11.1 Å². The third-order valence-electron chi connectivity index (χ3n) is 4.75. The summed E-state index contributed by atoms with van der Waals surface area (Å²) in [4.78, 5) is 15.9. The van der Waals surface area contributed by atoms with Gasteiger partial charge in [-0.15, -0.1) is 11.3 Å². The van der Waals surface area contributed by atoms with Gasteiger partial charge >= 0.3 is 0 Å². The lowest BCUT2D eigenvalue weighted by Gasteiger charge is -2.29. The van der Waals surface area contributed by atoms with E-state index in [-0.39, 0.29) is 5.78 Å². The molecule has 27 heavy (non-hydrogen) atoms. The van der Waals surface area contributed by atoms with Crippen molar-refractivity contribution in [3.63, 3.8) is 0 Å². The second-order valence-electron chi connectivity index (χ2n) is 6.62. The van der Waals surface area contributed by atoms with E-state index in [9.17, 15) is 4.79 Å². The molecule has 2 aliphatic rings. The molecule has 3 heterocycles. The highest BCUT2D eigenvalue weighted by Crippen LogP contribution is 2.42. The summed E-state index contributed by atoms with van der Waals surface area (Å²) >= 11 is 1.58. The van der Waals surface area contributed by atoms with E-state index in [0.29, 0.717) is 30.3 Å². The van der Waals surface area contributed by atoms with Crippen LogP contribution in [0.5, 0.6) is 11.5 Å². The topological polar surface area (TPSA) is 38.8 Å². The molecule has 134 valence electrons. The maximum absolute atomic E-state index is 12.7. The standard InChI is InChI=1S/C22H17NO3S/c24-21-17-8-9-19-18(22(17)26-20(21)11-16-7-4-10-27-16)13-23(14-25-19)12-15-5-2-1-3-6-15/h1-11H,12-14H2/b20-11-. The summed E-state index contributed by atoms with van der Waals surface area (Å²) in [5, 5.41) is 1.98. The number of ketones is 1. The van der Waals surface area contributed by atoms with Gasteiger partial charge in [0, 0.05) is 24.0 Å². The van der Waals surface area contributed by atoms with E-state index in [4.69, 9.17) is 9.47 Å². The zero-order valence-electron chi connectivity index (χ0n) is 14.6. The molecular formula is C22H17NO3S. The molecule has 5 heteroatoms. The van der Waals surface area contributed by atoms with Crippen molar-refractivity contribution in [2.45, 2.75) is 13.1 Å². The lowest BCUT2D eigenvalue weighted by atomic mass is 10.0. The number of ether oxygens (including phenoxy) is 2. The maximum atomic E-state index is 12.7. The van der Waals surface area contributed by atoms with Gasteiger partial charge in [0.2, 0.25) is 5.78 Å². The van der Waals surface area contributed by atoms with Crippen molar-refractivity contribution in [2.24, 2.45) is 0 Å². The van der Waals surface area contributed by atoms with Crippen LogP contribution in [-0.4, -0.2) is 17.4 Å². The molecular weight excluding hydrogens is 358 g/mol. The Bertz CT molecular complexity index is 1030. The van der Waals surface area contributed by atoms with E-state index in [1.54, 1.807) is 17.4 Å². The van der Waals surface area contributed by atoms with Gasteiger partial charge in [0.1, 0.15) is 18.2 Å². The van der Waals surface area contributed by atoms with Crippen LogP contribution in [-0.2, 0) is 13.1 Å². The molecule has 2 aliphatic heterocycles. The molecule has 0 amide bonds. The molecule has 0 fully saturated rings. The molecule has 0 saturated carbocycles. The minimum atomic E-state index is -0.0682.